The number of rotatable bonds is 4. The van der Waals surface area contributed by atoms with Crippen LogP contribution < -0.4 is 0 Å². The lowest BCUT2D eigenvalue weighted by molar-refractivity contribution is 0.0950. The highest BCUT2D eigenvalue weighted by molar-refractivity contribution is 5.75. The maximum atomic E-state index is 15.5. The normalized spacial score (nSPS) is 24.2. The van der Waals surface area contributed by atoms with Gasteiger partial charge in [0.1, 0.15) is 0 Å². The molecule has 34 heavy (non-hydrogen) atoms. The zero-order valence-corrected chi connectivity index (χ0v) is 20.0. The molecule has 0 saturated heterocycles. The summed E-state index contributed by atoms with van der Waals surface area (Å²) in [5.74, 6) is -1.96. The summed E-state index contributed by atoms with van der Waals surface area (Å²) >= 11 is 0. The standard InChI is InChI=1S/C29H32F4O/c1-3-4-21-13-19-11-12-20-14-23(27(31)29(33)25(20)24(19)28(32)26(21)30)18-9-7-17(8-10-18)22-6-5-16(2)34-15-22/h5,13-14,17-18,22H,3-4,6-12,15H2,1-2H3. The van der Waals surface area contributed by atoms with Gasteiger partial charge >= 0.3 is 0 Å². The highest BCUT2D eigenvalue weighted by Gasteiger charge is 2.34. The lowest BCUT2D eigenvalue weighted by Crippen LogP contribution is -2.26. The minimum Gasteiger partial charge on any atom is -0.498 e. The summed E-state index contributed by atoms with van der Waals surface area (Å²) in [5, 5.41) is 0. The van der Waals surface area contributed by atoms with Crippen LogP contribution in [0.5, 0.6) is 0 Å². The Morgan fingerprint density at radius 1 is 0.824 bits per heavy atom. The zero-order valence-electron chi connectivity index (χ0n) is 20.0. The van der Waals surface area contributed by atoms with Crippen LogP contribution in [0.3, 0.4) is 0 Å². The van der Waals surface area contributed by atoms with Crippen molar-refractivity contribution in [1.29, 1.82) is 0 Å². The fraction of sp³-hybridized carbons (Fsp3) is 0.517. The lowest BCUT2D eigenvalue weighted by atomic mass is 9.72. The van der Waals surface area contributed by atoms with Crippen molar-refractivity contribution >= 4 is 0 Å². The number of allylic oxidation sites excluding steroid dienone is 2. The molecule has 2 aromatic carbocycles. The maximum absolute atomic E-state index is 15.5. The Labute approximate surface area is 199 Å². The Balaban J connectivity index is 1.42. The predicted octanol–water partition coefficient (Wildman–Crippen LogP) is 8.18. The van der Waals surface area contributed by atoms with Crippen LogP contribution in [-0.4, -0.2) is 6.61 Å². The van der Waals surface area contributed by atoms with Crippen LogP contribution in [0.1, 0.15) is 80.5 Å². The first-order valence-corrected chi connectivity index (χ1v) is 12.7. The van der Waals surface area contributed by atoms with E-state index in [1.165, 1.54) is 0 Å². The Bertz CT molecular complexity index is 1130. The fourth-order valence-electron chi connectivity index (χ4n) is 6.30. The molecule has 182 valence electrons. The highest BCUT2D eigenvalue weighted by Crippen LogP contribution is 2.46. The molecule has 5 rings (SSSR count). The van der Waals surface area contributed by atoms with Crippen LogP contribution in [0.4, 0.5) is 17.6 Å². The second-order valence-electron chi connectivity index (χ2n) is 10.3. The van der Waals surface area contributed by atoms with Gasteiger partial charge in [0.15, 0.2) is 23.3 Å². The van der Waals surface area contributed by atoms with Crippen LogP contribution in [-0.2, 0) is 24.0 Å². The first-order chi connectivity index (χ1) is 16.4. The van der Waals surface area contributed by atoms with E-state index < -0.39 is 23.3 Å². The Morgan fingerprint density at radius 3 is 2.09 bits per heavy atom. The lowest BCUT2D eigenvalue weighted by Gasteiger charge is -2.35. The van der Waals surface area contributed by atoms with Gasteiger partial charge in [-0.1, -0.05) is 25.5 Å². The monoisotopic (exact) mass is 472 g/mol. The molecule has 1 aliphatic heterocycles. The van der Waals surface area contributed by atoms with E-state index in [1.54, 1.807) is 12.1 Å². The Hall–Kier alpha value is -2.30. The van der Waals surface area contributed by atoms with Gasteiger partial charge in [-0.15, -0.1) is 0 Å². The van der Waals surface area contributed by atoms with Crippen LogP contribution in [0, 0.1) is 35.1 Å². The van der Waals surface area contributed by atoms with Gasteiger partial charge in [-0.3, -0.25) is 0 Å². The third-order valence-electron chi connectivity index (χ3n) is 8.22. The maximum Gasteiger partial charge on any atom is 0.167 e. The molecule has 0 bridgehead atoms. The van der Waals surface area contributed by atoms with Crippen LogP contribution >= 0.6 is 0 Å². The van der Waals surface area contributed by atoms with Gasteiger partial charge in [0.2, 0.25) is 0 Å². The number of hydrogen-bond acceptors (Lipinski definition) is 1. The second kappa shape index (κ2) is 9.39. The highest BCUT2D eigenvalue weighted by atomic mass is 19.2. The first kappa shape index (κ1) is 23.4. The van der Waals surface area contributed by atoms with E-state index >= 15 is 13.2 Å². The average molecular weight is 473 g/mol. The van der Waals surface area contributed by atoms with Crippen molar-refractivity contribution < 1.29 is 22.3 Å². The van der Waals surface area contributed by atoms with Crippen molar-refractivity contribution in [2.75, 3.05) is 6.61 Å². The van der Waals surface area contributed by atoms with Crippen molar-refractivity contribution in [2.45, 2.75) is 77.6 Å². The quantitative estimate of drug-likeness (QED) is 0.408. The summed E-state index contributed by atoms with van der Waals surface area (Å²) in [6.45, 7) is 4.61. The number of ether oxygens (including phenoxy) is 1. The van der Waals surface area contributed by atoms with Gasteiger partial charge in [-0.2, -0.15) is 0 Å². The van der Waals surface area contributed by atoms with Crippen molar-refractivity contribution in [3.05, 3.63) is 69.5 Å². The number of halogens is 4. The molecule has 0 radical (unpaired) electrons. The molecule has 0 aromatic heterocycles. The summed E-state index contributed by atoms with van der Waals surface area (Å²) in [4.78, 5) is 0. The molecule has 0 N–H and O–H groups in total. The molecule has 1 atom stereocenters. The largest absolute Gasteiger partial charge is 0.498 e. The predicted molar refractivity (Wildman–Crippen MR) is 126 cm³/mol. The molecule has 1 fully saturated rings. The minimum atomic E-state index is -1.05. The van der Waals surface area contributed by atoms with Gasteiger partial charge in [0, 0.05) is 11.1 Å². The number of benzene rings is 2. The topological polar surface area (TPSA) is 9.23 Å². The summed E-state index contributed by atoms with van der Waals surface area (Å²) in [6, 6.07) is 3.37. The van der Waals surface area contributed by atoms with Crippen LogP contribution in [0.2, 0.25) is 0 Å². The summed E-state index contributed by atoms with van der Waals surface area (Å²) in [6.07, 6.45) is 8.81. The van der Waals surface area contributed by atoms with E-state index in [9.17, 15) is 4.39 Å². The Morgan fingerprint density at radius 2 is 1.47 bits per heavy atom. The Kier molecular flexibility index (Phi) is 6.47. The zero-order chi connectivity index (χ0) is 24.0. The molecule has 0 amide bonds. The first-order valence-electron chi connectivity index (χ1n) is 12.7. The van der Waals surface area contributed by atoms with E-state index in [-0.39, 0.29) is 17.0 Å². The van der Waals surface area contributed by atoms with Gasteiger partial charge in [-0.05, 0) is 104 Å². The second-order valence-corrected chi connectivity index (χ2v) is 10.3. The number of hydrogen-bond donors (Lipinski definition) is 0. The van der Waals surface area contributed by atoms with Crippen LogP contribution in [0.25, 0.3) is 11.1 Å². The van der Waals surface area contributed by atoms with Gasteiger partial charge in [-0.25, -0.2) is 17.6 Å². The van der Waals surface area contributed by atoms with E-state index in [0.29, 0.717) is 59.8 Å². The summed E-state index contributed by atoms with van der Waals surface area (Å²) in [7, 11) is 0. The van der Waals surface area contributed by atoms with E-state index in [1.807, 2.05) is 13.8 Å². The molecule has 1 nitrogen and oxygen atoms in total. The fourth-order valence-corrected chi connectivity index (χ4v) is 6.30. The van der Waals surface area contributed by atoms with Crippen LogP contribution in [0.15, 0.2) is 24.0 Å². The summed E-state index contributed by atoms with van der Waals surface area (Å²) < 4.78 is 66.3. The molecule has 1 unspecified atom stereocenters. The molecule has 5 heteroatoms. The molecule has 1 heterocycles. The molecular formula is C29H32F4O. The third kappa shape index (κ3) is 4.05. The number of fused-ring (bicyclic) bond motifs is 3. The van der Waals surface area contributed by atoms with E-state index in [2.05, 4.69) is 6.08 Å². The van der Waals surface area contributed by atoms with Crippen molar-refractivity contribution in [3.63, 3.8) is 0 Å². The minimum absolute atomic E-state index is 0.0484. The molecule has 2 aromatic rings. The summed E-state index contributed by atoms with van der Waals surface area (Å²) in [5.41, 5.74) is 1.69. The smallest absolute Gasteiger partial charge is 0.167 e. The SMILES string of the molecule is CCCc1cc2c(c(F)c1F)-c1c(cc(C3CCC(C4CC=C(C)OC4)CC3)c(F)c1F)CC2. The van der Waals surface area contributed by atoms with Crippen molar-refractivity contribution in [3.8, 4) is 11.1 Å². The van der Waals surface area contributed by atoms with Gasteiger partial charge in [0.05, 0.1) is 12.4 Å². The molecular weight excluding hydrogens is 440 g/mol. The molecule has 2 aliphatic carbocycles. The van der Waals surface area contributed by atoms with E-state index in [4.69, 9.17) is 4.74 Å². The average Bonchev–Trinajstić information content (AvgIpc) is 2.85. The molecule has 3 aliphatic rings. The van der Waals surface area contributed by atoms with E-state index in [0.717, 1.165) is 44.5 Å². The molecule has 0 spiro atoms. The number of aryl methyl sites for hydroxylation is 3. The van der Waals surface area contributed by atoms with Gasteiger partial charge in [0.25, 0.3) is 0 Å². The van der Waals surface area contributed by atoms with Crippen molar-refractivity contribution in [1.82, 2.24) is 0 Å². The molecule has 1 saturated carbocycles. The van der Waals surface area contributed by atoms with Gasteiger partial charge < -0.3 is 4.74 Å². The third-order valence-corrected chi connectivity index (χ3v) is 8.22. The van der Waals surface area contributed by atoms with Crippen molar-refractivity contribution in [2.24, 2.45) is 11.8 Å².